The van der Waals surface area contributed by atoms with Crippen molar-refractivity contribution >= 4 is 17.7 Å². The van der Waals surface area contributed by atoms with Gasteiger partial charge in [-0.3, -0.25) is 5.32 Å². The molecule has 0 saturated heterocycles. The molecule has 0 aliphatic heterocycles. The zero-order chi connectivity index (χ0) is 22.1. The van der Waals surface area contributed by atoms with E-state index in [2.05, 4.69) is 34.6 Å². The topological polar surface area (TPSA) is 93.5 Å². The van der Waals surface area contributed by atoms with Crippen molar-refractivity contribution in [3.8, 4) is 16.8 Å². The van der Waals surface area contributed by atoms with E-state index in [1.54, 1.807) is 23.0 Å². The Bertz CT molecular complexity index is 1270. The summed E-state index contributed by atoms with van der Waals surface area (Å²) in [7, 11) is 0. The lowest BCUT2D eigenvalue weighted by atomic mass is 9.98. The highest BCUT2D eigenvalue weighted by atomic mass is 16.5. The molecule has 4 aromatic rings. The minimum absolute atomic E-state index is 0.0457. The number of aromatic carboxylic acids is 1. The van der Waals surface area contributed by atoms with E-state index in [-0.39, 0.29) is 18.1 Å². The maximum Gasteiger partial charge on any atom is 0.411 e. The Hall–Kier alpha value is -4.39. The number of hydrogen-bond donors (Lipinski definition) is 2. The number of hydrogen-bond acceptors (Lipinski definition) is 4. The van der Waals surface area contributed by atoms with Gasteiger partial charge in [0.25, 0.3) is 0 Å². The third-order valence-electron chi connectivity index (χ3n) is 5.61. The van der Waals surface area contributed by atoms with Gasteiger partial charge in [-0.15, -0.1) is 0 Å². The van der Waals surface area contributed by atoms with Crippen LogP contribution in [0.4, 0.5) is 10.5 Å². The van der Waals surface area contributed by atoms with Gasteiger partial charge in [0, 0.05) is 18.3 Å². The summed E-state index contributed by atoms with van der Waals surface area (Å²) in [5.74, 6) is -1.10. The molecular weight excluding hydrogens is 406 g/mol. The van der Waals surface area contributed by atoms with Gasteiger partial charge < -0.3 is 14.4 Å². The number of amides is 1. The fourth-order valence-corrected chi connectivity index (χ4v) is 4.13. The Kier molecular flexibility index (Phi) is 4.91. The van der Waals surface area contributed by atoms with Crippen LogP contribution in [0.3, 0.4) is 0 Å². The average molecular weight is 425 g/mol. The van der Waals surface area contributed by atoms with E-state index >= 15 is 0 Å². The molecule has 1 aromatic heterocycles. The Morgan fingerprint density at radius 2 is 1.69 bits per heavy atom. The number of fused-ring (bicyclic) bond motifs is 3. The van der Waals surface area contributed by atoms with Crippen LogP contribution >= 0.6 is 0 Å². The van der Waals surface area contributed by atoms with E-state index in [0.29, 0.717) is 11.4 Å². The van der Waals surface area contributed by atoms with Crippen LogP contribution in [0.15, 0.2) is 85.5 Å². The zero-order valence-corrected chi connectivity index (χ0v) is 16.9. The van der Waals surface area contributed by atoms with Crippen LogP contribution in [-0.4, -0.2) is 33.3 Å². The number of imidazole rings is 1. The van der Waals surface area contributed by atoms with E-state index in [0.717, 1.165) is 22.3 Å². The summed E-state index contributed by atoms with van der Waals surface area (Å²) in [5, 5.41) is 12.0. The maximum atomic E-state index is 12.7. The van der Waals surface area contributed by atoms with E-state index in [4.69, 9.17) is 4.74 Å². The summed E-state index contributed by atoms with van der Waals surface area (Å²) in [4.78, 5) is 28.0. The average Bonchev–Trinajstić information content (AvgIpc) is 3.45. The lowest BCUT2D eigenvalue weighted by molar-refractivity contribution is 0.0697. The molecule has 0 bridgehead atoms. The summed E-state index contributed by atoms with van der Waals surface area (Å²) >= 11 is 0. The number of carboxylic acid groups (broad SMARTS) is 1. The second-order valence-corrected chi connectivity index (χ2v) is 7.46. The molecule has 0 fully saturated rings. The third kappa shape index (κ3) is 3.50. The van der Waals surface area contributed by atoms with Crippen molar-refractivity contribution in [3.63, 3.8) is 0 Å². The van der Waals surface area contributed by atoms with Gasteiger partial charge in [0.1, 0.15) is 6.61 Å². The highest BCUT2D eigenvalue weighted by Crippen LogP contribution is 2.44. The van der Waals surface area contributed by atoms with Gasteiger partial charge in [0.2, 0.25) is 0 Å². The van der Waals surface area contributed by atoms with Crippen LogP contribution in [0.1, 0.15) is 27.4 Å². The summed E-state index contributed by atoms with van der Waals surface area (Å²) in [6.45, 7) is 0.188. The molecule has 5 rings (SSSR count). The molecule has 0 atom stereocenters. The number of carboxylic acids is 1. The molecule has 7 heteroatoms. The Labute approximate surface area is 183 Å². The lowest BCUT2D eigenvalue weighted by Crippen LogP contribution is -2.19. The monoisotopic (exact) mass is 425 g/mol. The van der Waals surface area contributed by atoms with Crippen molar-refractivity contribution in [2.45, 2.75) is 5.92 Å². The molecule has 1 aliphatic carbocycles. The van der Waals surface area contributed by atoms with E-state index in [1.165, 1.54) is 18.5 Å². The highest BCUT2D eigenvalue weighted by molar-refractivity contribution is 5.92. The SMILES string of the molecule is O=C(Nc1ccc(C(=O)O)cc1-n1ccnc1)OCC1c2ccccc2-c2ccccc21. The molecular formula is C25H19N3O4. The second kappa shape index (κ2) is 8.03. The summed E-state index contributed by atoms with van der Waals surface area (Å²) < 4.78 is 7.23. The molecule has 3 aromatic carbocycles. The van der Waals surface area contributed by atoms with Gasteiger partial charge >= 0.3 is 12.1 Å². The Morgan fingerprint density at radius 1 is 1.00 bits per heavy atom. The van der Waals surface area contributed by atoms with Gasteiger partial charge in [0.15, 0.2) is 0 Å². The van der Waals surface area contributed by atoms with Crippen LogP contribution in [0.25, 0.3) is 16.8 Å². The molecule has 1 heterocycles. The number of ether oxygens (including phenoxy) is 1. The fourth-order valence-electron chi connectivity index (χ4n) is 4.13. The normalized spacial score (nSPS) is 12.1. The predicted molar refractivity (Wildman–Crippen MR) is 119 cm³/mol. The first-order valence-electron chi connectivity index (χ1n) is 10.1. The number of aromatic nitrogens is 2. The van der Waals surface area contributed by atoms with Crippen molar-refractivity contribution in [1.82, 2.24) is 9.55 Å². The van der Waals surface area contributed by atoms with Crippen LogP contribution in [0, 0.1) is 0 Å². The van der Waals surface area contributed by atoms with Crippen LogP contribution < -0.4 is 5.32 Å². The van der Waals surface area contributed by atoms with E-state index in [9.17, 15) is 14.7 Å². The van der Waals surface area contributed by atoms with E-state index < -0.39 is 12.1 Å². The highest BCUT2D eigenvalue weighted by Gasteiger charge is 2.29. The number of anilines is 1. The van der Waals surface area contributed by atoms with Gasteiger partial charge in [-0.25, -0.2) is 14.6 Å². The minimum Gasteiger partial charge on any atom is -0.478 e. The van der Waals surface area contributed by atoms with Crippen molar-refractivity contribution in [2.24, 2.45) is 0 Å². The quantitative estimate of drug-likeness (QED) is 0.473. The molecule has 0 radical (unpaired) electrons. The molecule has 7 nitrogen and oxygen atoms in total. The lowest BCUT2D eigenvalue weighted by Gasteiger charge is -2.16. The van der Waals surface area contributed by atoms with Crippen molar-refractivity contribution in [1.29, 1.82) is 0 Å². The summed E-state index contributed by atoms with van der Waals surface area (Å²) in [6.07, 6.45) is 4.16. The number of nitrogens with zero attached hydrogens (tertiary/aromatic N) is 2. The largest absolute Gasteiger partial charge is 0.478 e. The standard InChI is InChI=1S/C25H19N3O4/c29-24(30)16-9-10-22(23(13-16)28-12-11-26-15-28)27-25(31)32-14-21-19-7-3-1-5-17(19)18-6-2-4-8-20(18)21/h1-13,15,21H,14H2,(H,27,31)(H,29,30). The van der Waals surface area contributed by atoms with Crippen LogP contribution in [-0.2, 0) is 4.74 Å². The number of benzene rings is 3. The zero-order valence-electron chi connectivity index (χ0n) is 16.9. The molecule has 1 aliphatic rings. The number of nitrogens with one attached hydrogen (secondary N) is 1. The Morgan fingerprint density at radius 3 is 2.31 bits per heavy atom. The number of carbonyl (C=O) groups is 2. The summed E-state index contributed by atoms with van der Waals surface area (Å²) in [6, 6.07) is 20.7. The van der Waals surface area contributed by atoms with Crippen molar-refractivity contribution < 1.29 is 19.4 Å². The molecule has 0 unspecified atom stereocenters. The predicted octanol–water partition coefficient (Wildman–Crippen LogP) is 4.93. The molecule has 0 saturated carbocycles. The van der Waals surface area contributed by atoms with Gasteiger partial charge in [-0.05, 0) is 40.5 Å². The van der Waals surface area contributed by atoms with Crippen molar-refractivity contribution in [2.75, 3.05) is 11.9 Å². The first-order chi connectivity index (χ1) is 15.6. The minimum atomic E-state index is -1.06. The molecule has 2 N–H and O–H groups in total. The van der Waals surface area contributed by atoms with Gasteiger partial charge in [-0.1, -0.05) is 48.5 Å². The third-order valence-corrected chi connectivity index (χ3v) is 5.61. The smallest absolute Gasteiger partial charge is 0.411 e. The summed E-state index contributed by atoms with van der Waals surface area (Å²) in [5.41, 5.74) is 5.58. The molecule has 158 valence electrons. The van der Waals surface area contributed by atoms with Gasteiger partial charge in [0.05, 0.1) is 23.3 Å². The number of rotatable bonds is 5. The molecule has 1 amide bonds. The molecule has 0 spiro atoms. The molecule has 32 heavy (non-hydrogen) atoms. The first-order valence-corrected chi connectivity index (χ1v) is 10.1. The van der Waals surface area contributed by atoms with Gasteiger partial charge in [-0.2, -0.15) is 0 Å². The Balaban J connectivity index is 1.36. The first kappa shape index (κ1) is 19.6. The van der Waals surface area contributed by atoms with Crippen LogP contribution in [0.5, 0.6) is 0 Å². The van der Waals surface area contributed by atoms with E-state index in [1.807, 2.05) is 24.3 Å². The maximum absolute atomic E-state index is 12.7. The van der Waals surface area contributed by atoms with Crippen LogP contribution in [0.2, 0.25) is 0 Å². The number of carbonyl (C=O) groups excluding carboxylic acids is 1. The second-order valence-electron chi connectivity index (χ2n) is 7.46. The fraction of sp³-hybridized carbons (Fsp3) is 0.0800. The van der Waals surface area contributed by atoms with Crippen molar-refractivity contribution in [3.05, 3.63) is 102 Å².